The molecule has 0 atom stereocenters. The van der Waals surface area contributed by atoms with Crippen LogP contribution in [-0.2, 0) is 21.7 Å². The maximum Gasteiger partial charge on any atom is 0.306 e. The van der Waals surface area contributed by atoms with E-state index in [2.05, 4.69) is 17.3 Å². The third-order valence-corrected chi connectivity index (χ3v) is 5.70. The summed E-state index contributed by atoms with van der Waals surface area (Å²) in [5.41, 5.74) is 1.41. The number of aromatic nitrogens is 1. The summed E-state index contributed by atoms with van der Waals surface area (Å²) in [7, 11) is 1.47. The van der Waals surface area contributed by atoms with Crippen molar-refractivity contribution in [3.63, 3.8) is 0 Å². The summed E-state index contributed by atoms with van der Waals surface area (Å²) in [6.07, 6.45) is 5.14. The van der Waals surface area contributed by atoms with Gasteiger partial charge in [0.05, 0.1) is 24.2 Å². The zero-order chi connectivity index (χ0) is 13.7. The molecule has 19 heavy (non-hydrogen) atoms. The molecular weight excluding hydrogens is 278 g/mol. The lowest BCUT2D eigenvalue weighted by Crippen LogP contribution is -2.13. The minimum Gasteiger partial charge on any atom is -0.469 e. The number of thiazole rings is 1. The highest BCUT2D eigenvalue weighted by Gasteiger charge is 2.44. The van der Waals surface area contributed by atoms with E-state index in [-0.39, 0.29) is 11.4 Å². The fourth-order valence-corrected chi connectivity index (χ4v) is 4.33. The van der Waals surface area contributed by atoms with Crippen LogP contribution in [0.4, 0.5) is 0 Å². The van der Waals surface area contributed by atoms with Gasteiger partial charge in [-0.1, -0.05) is 6.92 Å². The number of nitrogens with zero attached hydrogens (tertiary/aromatic N) is 1. The minimum atomic E-state index is -0.0722. The van der Waals surface area contributed by atoms with Gasteiger partial charge in [-0.25, -0.2) is 4.98 Å². The van der Waals surface area contributed by atoms with Gasteiger partial charge in [-0.05, 0) is 36.9 Å². The highest BCUT2D eigenvalue weighted by atomic mass is 32.2. The lowest BCUT2D eigenvalue weighted by molar-refractivity contribution is -0.141. The van der Waals surface area contributed by atoms with Crippen LogP contribution in [0.3, 0.4) is 0 Å². The van der Waals surface area contributed by atoms with E-state index in [9.17, 15) is 4.79 Å². The number of hydrogen-bond acceptors (Lipinski definition) is 5. The molecular formula is C14H21NO2S2. The van der Waals surface area contributed by atoms with E-state index < -0.39 is 0 Å². The van der Waals surface area contributed by atoms with Crippen molar-refractivity contribution >= 4 is 29.1 Å². The zero-order valence-electron chi connectivity index (χ0n) is 11.6. The molecule has 1 aliphatic carbocycles. The Kier molecular flexibility index (Phi) is 5.28. The number of aryl methyl sites for hydroxylation is 1. The normalized spacial score (nSPS) is 16.3. The lowest BCUT2D eigenvalue weighted by atomic mass is 10.1. The number of carbonyl (C=O) groups excluding carboxylic acids is 1. The predicted molar refractivity (Wildman–Crippen MR) is 80.6 cm³/mol. The van der Waals surface area contributed by atoms with Crippen molar-refractivity contribution in [1.82, 2.24) is 4.98 Å². The molecule has 106 valence electrons. The van der Waals surface area contributed by atoms with Crippen LogP contribution >= 0.6 is 23.1 Å². The fraction of sp³-hybridized carbons (Fsp3) is 0.714. The quantitative estimate of drug-likeness (QED) is 0.687. The average molecular weight is 299 g/mol. The molecule has 0 aromatic carbocycles. The fourth-order valence-electron chi connectivity index (χ4n) is 2.04. The number of rotatable bonds is 8. The minimum absolute atomic E-state index is 0.0722. The van der Waals surface area contributed by atoms with E-state index in [1.54, 1.807) is 11.3 Å². The number of thioether (sulfide) groups is 1. The largest absolute Gasteiger partial charge is 0.469 e. The molecule has 3 nitrogen and oxygen atoms in total. The Morgan fingerprint density at radius 2 is 2.37 bits per heavy atom. The first-order chi connectivity index (χ1) is 9.17. The third-order valence-electron chi connectivity index (χ3n) is 3.43. The average Bonchev–Trinajstić information content (AvgIpc) is 3.00. The maximum atomic E-state index is 11.3. The Bertz CT molecular complexity index is 427. The molecule has 1 fully saturated rings. The molecule has 1 aromatic rings. The van der Waals surface area contributed by atoms with Crippen molar-refractivity contribution in [3.05, 3.63) is 16.1 Å². The SMILES string of the molecule is CCCc1nc(CSCC2(CC(=O)OC)CC2)cs1. The van der Waals surface area contributed by atoms with Crippen molar-refractivity contribution in [2.24, 2.45) is 5.41 Å². The van der Waals surface area contributed by atoms with Crippen LogP contribution < -0.4 is 0 Å². The highest BCUT2D eigenvalue weighted by molar-refractivity contribution is 7.98. The maximum absolute atomic E-state index is 11.3. The summed E-state index contributed by atoms with van der Waals surface area (Å²) in [5.74, 6) is 1.93. The first kappa shape index (κ1) is 14.9. The summed E-state index contributed by atoms with van der Waals surface area (Å²) in [5, 5.41) is 3.41. The van der Waals surface area contributed by atoms with E-state index in [0.717, 1.165) is 37.2 Å². The molecule has 5 heteroatoms. The van der Waals surface area contributed by atoms with Gasteiger partial charge >= 0.3 is 5.97 Å². The van der Waals surface area contributed by atoms with Gasteiger partial charge in [-0.15, -0.1) is 11.3 Å². The summed E-state index contributed by atoms with van der Waals surface area (Å²) in [6, 6.07) is 0. The molecule has 0 unspecified atom stereocenters. The molecule has 1 heterocycles. The summed E-state index contributed by atoms with van der Waals surface area (Å²) in [4.78, 5) is 16.0. The van der Waals surface area contributed by atoms with Crippen LogP contribution in [0.2, 0.25) is 0 Å². The monoisotopic (exact) mass is 299 g/mol. The number of hydrogen-bond donors (Lipinski definition) is 0. The van der Waals surface area contributed by atoms with Crippen LogP contribution in [-0.4, -0.2) is 23.8 Å². The number of ether oxygens (including phenoxy) is 1. The Balaban J connectivity index is 1.72. The van der Waals surface area contributed by atoms with Gasteiger partial charge in [0.15, 0.2) is 0 Å². The van der Waals surface area contributed by atoms with Gasteiger partial charge in [-0.3, -0.25) is 4.79 Å². The van der Waals surface area contributed by atoms with Gasteiger partial charge in [0.2, 0.25) is 0 Å². The smallest absolute Gasteiger partial charge is 0.306 e. The molecule has 1 aliphatic rings. The molecule has 1 aromatic heterocycles. The summed E-state index contributed by atoms with van der Waals surface area (Å²) in [6.45, 7) is 2.18. The first-order valence-corrected chi connectivity index (χ1v) is 8.79. The van der Waals surface area contributed by atoms with Gasteiger partial charge < -0.3 is 4.74 Å². The van der Waals surface area contributed by atoms with Crippen LogP contribution in [0, 0.1) is 5.41 Å². The predicted octanol–water partition coefficient (Wildman–Crippen LogP) is 3.67. The lowest BCUT2D eigenvalue weighted by Gasteiger charge is -2.12. The highest BCUT2D eigenvalue weighted by Crippen LogP contribution is 2.51. The van der Waals surface area contributed by atoms with Gasteiger partial charge in [0.25, 0.3) is 0 Å². The number of esters is 1. The van der Waals surface area contributed by atoms with E-state index in [4.69, 9.17) is 4.74 Å². The molecule has 0 N–H and O–H groups in total. The van der Waals surface area contributed by atoms with Gasteiger partial charge in [-0.2, -0.15) is 11.8 Å². The van der Waals surface area contributed by atoms with E-state index in [1.807, 2.05) is 11.8 Å². The first-order valence-electron chi connectivity index (χ1n) is 6.75. The second-order valence-corrected chi connectivity index (χ2v) is 7.16. The van der Waals surface area contributed by atoms with E-state index in [1.165, 1.54) is 17.8 Å². The Morgan fingerprint density at radius 3 is 3.00 bits per heavy atom. The van der Waals surface area contributed by atoms with Gasteiger partial charge in [0.1, 0.15) is 0 Å². The van der Waals surface area contributed by atoms with Crippen LogP contribution in [0.25, 0.3) is 0 Å². The van der Waals surface area contributed by atoms with Crippen molar-refractivity contribution in [1.29, 1.82) is 0 Å². The third kappa shape index (κ3) is 4.49. The molecule has 0 amide bonds. The van der Waals surface area contributed by atoms with E-state index in [0.29, 0.717) is 6.42 Å². The molecule has 0 bridgehead atoms. The summed E-state index contributed by atoms with van der Waals surface area (Å²) >= 11 is 3.66. The Morgan fingerprint density at radius 1 is 1.58 bits per heavy atom. The molecule has 0 saturated heterocycles. The van der Waals surface area contributed by atoms with Crippen molar-refractivity contribution < 1.29 is 9.53 Å². The van der Waals surface area contributed by atoms with Crippen LogP contribution in [0.5, 0.6) is 0 Å². The molecule has 0 spiro atoms. The second kappa shape index (κ2) is 6.75. The Labute approximate surface area is 123 Å². The van der Waals surface area contributed by atoms with Crippen molar-refractivity contribution in [3.8, 4) is 0 Å². The number of methoxy groups -OCH3 is 1. The van der Waals surface area contributed by atoms with Crippen molar-refractivity contribution in [2.75, 3.05) is 12.9 Å². The molecule has 0 radical (unpaired) electrons. The molecule has 1 saturated carbocycles. The number of carbonyl (C=O) groups is 1. The summed E-state index contributed by atoms with van der Waals surface area (Å²) < 4.78 is 4.76. The Hall–Kier alpha value is -0.550. The van der Waals surface area contributed by atoms with Gasteiger partial charge in [0, 0.05) is 11.1 Å². The van der Waals surface area contributed by atoms with E-state index >= 15 is 0 Å². The zero-order valence-corrected chi connectivity index (χ0v) is 13.2. The van der Waals surface area contributed by atoms with Crippen molar-refractivity contribution in [2.45, 2.75) is 44.8 Å². The second-order valence-electron chi connectivity index (χ2n) is 5.23. The van der Waals surface area contributed by atoms with Crippen LogP contribution in [0.1, 0.15) is 43.3 Å². The molecule has 0 aliphatic heterocycles. The molecule has 2 rings (SSSR count). The standard InChI is InChI=1S/C14H21NO2S2/c1-3-4-12-15-11(9-19-12)8-18-10-14(5-6-14)7-13(16)17-2/h9H,3-8,10H2,1-2H3. The topological polar surface area (TPSA) is 39.2 Å². The van der Waals surface area contributed by atoms with Crippen LogP contribution in [0.15, 0.2) is 5.38 Å².